The molecule has 5 rings (SSSR count). The van der Waals surface area contributed by atoms with Gasteiger partial charge in [0.05, 0.1) is 0 Å². The van der Waals surface area contributed by atoms with Crippen LogP contribution in [0.3, 0.4) is 0 Å². The fourth-order valence-electron chi connectivity index (χ4n) is 3.99. The number of rotatable bonds is 5. The molecule has 0 spiro atoms. The average molecular weight is 416 g/mol. The molecule has 3 heterocycles. The van der Waals surface area contributed by atoms with E-state index in [1.54, 1.807) is 18.7 Å². The van der Waals surface area contributed by atoms with Gasteiger partial charge in [-0.05, 0) is 48.6 Å². The van der Waals surface area contributed by atoms with Crippen molar-refractivity contribution in [3.05, 3.63) is 88.0 Å². The molecule has 156 valence electrons. The third-order valence-corrected chi connectivity index (χ3v) is 5.52. The molecule has 1 aliphatic heterocycles. The molecule has 1 aliphatic carbocycles. The van der Waals surface area contributed by atoms with E-state index in [4.69, 9.17) is 14.6 Å². The summed E-state index contributed by atoms with van der Waals surface area (Å²) in [5.74, 6) is 0.363. The number of pyridine rings is 1. The SMILES string of the molecule is O=C(O)CCc1c[nH]c2c(=O)[nH]c3ccc(C4=COC=C(C5=CC=CCC5)O4)cc3c12. The van der Waals surface area contributed by atoms with Crippen LogP contribution in [0.15, 0.2) is 71.3 Å². The van der Waals surface area contributed by atoms with Crippen molar-refractivity contribution in [3.8, 4) is 0 Å². The van der Waals surface area contributed by atoms with E-state index in [-0.39, 0.29) is 12.0 Å². The third kappa shape index (κ3) is 3.54. The smallest absolute Gasteiger partial charge is 0.303 e. The molecule has 0 amide bonds. The van der Waals surface area contributed by atoms with E-state index < -0.39 is 5.97 Å². The second kappa shape index (κ2) is 7.68. The molecule has 0 saturated heterocycles. The number of aryl methyl sites for hydroxylation is 1. The summed E-state index contributed by atoms with van der Waals surface area (Å²) in [6, 6.07) is 5.62. The van der Waals surface area contributed by atoms with Crippen LogP contribution >= 0.6 is 0 Å². The Kier molecular flexibility index (Phi) is 4.71. The lowest BCUT2D eigenvalue weighted by Crippen LogP contribution is -2.07. The van der Waals surface area contributed by atoms with E-state index in [2.05, 4.69) is 16.0 Å². The number of fused-ring (bicyclic) bond motifs is 3. The highest BCUT2D eigenvalue weighted by Gasteiger charge is 2.18. The molecule has 0 fully saturated rings. The lowest BCUT2D eigenvalue weighted by atomic mass is 10.0. The molecule has 0 bridgehead atoms. The number of carbonyl (C=O) groups is 1. The van der Waals surface area contributed by atoms with Gasteiger partial charge in [0.25, 0.3) is 5.56 Å². The second-order valence-corrected chi connectivity index (χ2v) is 7.53. The Morgan fingerprint density at radius 1 is 1.19 bits per heavy atom. The van der Waals surface area contributed by atoms with Gasteiger partial charge in [0.2, 0.25) is 0 Å². The summed E-state index contributed by atoms with van der Waals surface area (Å²) in [6.07, 6.45) is 13.2. The molecular formula is C24H20N2O5. The van der Waals surface area contributed by atoms with Crippen molar-refractivity contribution in [1.29, 1.82) is 0 Å². The molecule has 2 aromatic heterocycles. The minimum absolute atomic E-state index is 0.0131. The molecule has 31 heavy (non-hydrogen) atoms. The normalized spacial score (nSPS) is 15.8. The Morgan fingerprint density at radius 3 is 2.87 bits per heavy atom. The van der Waals surface area contributed by atoms with Crippen molar-refractivity contribution in [2.75, 3.05) is 0 Å². The zero-order valence-corrected chi connectivity index (χ0v) is 16.6. The minimum Gasteiger partial charge on any atom is -0.481 e. The number of carboxylic acids is 1. The molecular weight excluding hydrogens is 396 g/mol. The topological polar surface area (TPSA) is 104 Å². The van der Waals surface area contributed by atoms with E-state index in [1.807, 2.05) is 30.4 Å². The van der Waals surface area contributed by atoms with Gasteiger partial charge < -0.3 is 24.5 Å². The number of aromatic nitrogens is 2. The van der Waals surface area contributed by atoms with Crippen molar-refractivity contribution in [1.82, 2.24) is 9.97 Å². The van der Waals surface area contributed by atoms with Gasteiger partial charge in [-0.15, -0.1) is 0 Å². The number of benzene rings is 1. The van der Waals surface area contributed by atoms with Crippen LogP contribution in [-0.2, 0) is 20.7 Å². The van der Waals surface area contributed by atoms with Gasteiger partial charge in [0.15, 0.2) is 11.5 Å². The molecule has 3 aromatic rings. The Hall–Kier alpha value is -4.00. The summed E-state index contributed by atoms with van der Waals surface area (Å²) in [4.78, 5) is 29.4. The first-order valence-electron chi connectivity index (χ1n) is 10.1. The number of hydrogen-bond donors (Lipinski definition) is 3. The highest BCUT2D eigenvalue weighted by atomic mass is 16.5. The maximum absolute atomic E-state index is 12.5. The van der Waals surface area contributed by atoms with E-state index in [9.17, 15) is 9.59 Å². The standard InChI is InChI=1S/C24H20N2O5/c27-21(28)9-7-16-11-25-23-22(16)17-10-15(6-8-18(17)26-24(23)29)20-13-30-12-19(31-20)14-4-2-1-3-5-14/h1-2,4,6,8,10-13,25H,3,5,7,9H2,(H,26,29)(H,27,28). The molecule has 0 radical (unpaired) electrons. The predicted molar refractivity (Wildman–Crippen MR) is 117 cm³/mol. The lowest BCUT2D eigenvalue weighted by Gasteiger charge is -2.20. The van der Waals surface area contributed by atoms with Crippen LogP contribution in [0.5, 0.6) is 0 Å². The third-order valence-electron chi connectivity index (χ3n) is 5.52. The summed E-state index contributed by atoms with van der Waals surface area (Å²) in [6.45, 7) is 0. The summed E-state index contributed by atoms with van der Waals surface area (Å²) >= 11 is 0. The predicted octanol–water partition coefficient (Wildman–Crippen LogP) is 4.49. The number of allylic oxidation sites excluding steroid dienone is 4. The van der Waals surface area contributed by atoms with Crippen molar-refractivity contribution in [3.63, 3.8) is 0 Å². The molecule has 7 heteroatoms. The molecule has 1 aromatic carbocycles. The van der Waals surface area contributed by atoms with Gasteiger partial charge in [-0.2, -0.15) is 0 Å². The van der Waals surface area contributed by atoms with Gasteiger partial charge in [-0.25, -0.2) is 0 Å². The van der Waals surface area contributed by atoms with Crippen LogP contribution in [0.4, 0.5) is 0 Å². The fourth-order valence-corrected chi connectivity index (χ4v) is 3.99. The molecule has 0 saturated carbocycles. The summed E-state index contributed by atoms with van der Waals surface area (Å²) in [5.41, 5.74) is 3.52. The van der Waals surface area contributed by atoms with Gasteiger partial charge in [-0.3, -0.25) is 9.59 Å². The summed E-state index contributed by atoms with van der Waals surface area (Å²) in [7, 11) is 0. The minimum atomic E-state index is -0.881. The van der Waals surface area contributed by atoms with Gasteiger partial charge >= 0.3 is 5.97 Å². The summed E-state index contributed by atoms with van der Waals surface area (Å²) in [5, 5.41) is 10.6. The van der Waals surface area contributed by atoms with E-state index in [0.717, 1.165) is 40.3 Å². The Morgan fingerprint density at radius 2 is 2.06 bits per heavy atom. The van der Waals surface area contributed by atoms with E-state index in [1.165, 1.54) is 0 Å². The summed E-state index contributed by atoms with van der Waals surface area (Å²) < 4.78 is 11.7. The highest BCUT2D eigenvalue weighted by molar-refractivity contribution is 6.07. The van der Waals surface area contributed by atoms with Crippen LogP contribution in [0, 0.1) is 0 Å². The first-order valence-corrected chi connectivity index (χ1v) is 10.1. The number of ether oxygens (including phenoxy) is 2. The highest BCUT2D eigenvalue weighted by Crippen LogP contribution is 2.33. The van der Waals surface area contributed by atoms with Gasteiger partial charge in [0.1, 0.15) is 18.0 Å². The van der Waals surface area contributed by atoms with Crippen molar-refractivity contribution >= 4 is 33.5 Å². The second-order valence-electron chi connectivity index (χ2n) is 7.53. The Bertz CT molecular complexity index is 1380. The zero-order chi connectivity index (χ0) is 21.4. The largest absolute Gasteiger partial charge is 0.481 e. The van der Waals surface area contributed by atoms with Crippen LogP contribution < -0.4 is 5.56 Å². The van der Waals surface area contributed by atoms with Crippen molar-refractivity contribution in [2.45, 2.75) is 25.7 Å². The zero-order valence-electron chi connectivity index (χ0n) is 16.6. The monoisotopic (exact) mass is 416 g/mol. The molecule has 7 nitrogen and oxygen atoms in total. The maximum atomic E-state index is 12.5. The lowest BCUT2D eigenvalue weighted by molar-refractivity contribution is -0.136. The van der Waals surface area contributed by atoms with Crippen LogP contribution in [0.25, 0.3) is 27.6 Å². The van der Waals surface area contributed by atoms with Crippen LogP contribution in [0.2, 0.25) is 0 Å². The number of hydrogen-bond acceptors (Lipinski definition) is 4. The van der Waals surface area contributed by atoms with Crippen molar-refractivity contribution in [2.24, 2.45) is 0 Å². The number of aromatic amines is 2. The molecule has 2 aliphatic rings. The number of H-pyrrole nitrogens is 2. The van der Waals surface area contributed by atoms with E-state index >= 15 is 0 Å². The van der Waals surface area contributed by atoms with Gasteiger partial charge in [-0.1, -0.05) is 18.2 Å². The first-order chi connectivity index (χ1) is 15.1. The van der Waals surface area contributed by atoms with Crippen LogP contribution in [0.1, 0.15) is 30.4 Å². The molecule has 0 atom stereocenters. The first kappa shape index (κ1) is 19.0. The Balaban J connectivity index is 1.56. The van der Waals surface area contributed by atoms with Crippen molar-refractivity contribution < 1.29 is 19.4 Å². The average Bonchev–Trinajstić information content (AvgIpc) is 3.23. The fraction of sp³-hybridized carbons (Fsp3) is 0.167. The maximum Gasteiger partial charge on any atom is 0.303 e. The van der Waals surface area contributed by atoms with Crippen LogP contribution in [-0.4, -0.2) is 21.0 Å². The Labute approximate surface area is 177 Å². The number of aliphatic carboxylic acids is 1. The molecule has 0 unspecified atom stereocenters. The van der Waals surface area contributed by atoms with Gasteiger partial charge in [0, 0.05) is 34.5 Å². The quantitative estimate of drug-likeness (QED) is 0.568. The number of nitrogens with one attached hydrogen (secondary N) is 2. The number of carboxylic acid groups (broad SMARTS) is 1. The molecule has 3 N–H and O–H groups in total. The van der Waals surface area contributed by atoms with E-state index in [0.29, 0.717) is 29.0 Å².